The predicted molar refractivity (Wildman–Crippen MR) is 169 cm³/mol. The Balaban J connectivity index is 1.35. The van der Waals surface area contributed by atoms with Gasteiger partial charge in [-0.1, -0.05) is 27.4 Å². The molecule has 0 fully saturated rings. The summed E-state index contributed by atoms with van der Waals surface area (Å²) in [6.45, 7) is 9.58. The number of Topliss-reactive ketones (excluding diaryl/α,β-unsaturated/α-hetero) is 1. The van der Waals surface area contributed by atoms with Crippen LogP contribution in [-0.2, 0) is 4.79 Å². The van der Waals surface area contributed by atoms with Crippen molar-refractivity contribution in [3.8, 4) is 11.8 Å². The standard InChI is InChI=1S/C34H45N7O3/c1-25-11-14-32-30(9-6-17-37-32)13-12-29(25)8-4-5-18-40(20-21-44-33-10-7-16-36-26(33)2)19-15-31(27(3)42)39-34-38-23-28(22-35)24-41(34)43/h7,10,12-13,16,23-24,31,37,43H,4-6,8-9,11,14-15,17-21H2,1-3H3/p+1/b13-12-,29-25-/t31-/m0/s1. The van der Waals surface area contributed by atoms with Gasteiger partial charge in [-0.05, 0) is 95.5 Å². The van der Waals surface area contributed by atoms with Gasteiger partial charge in [-0.2, -0.15) is 5.26 Å². The minimum Gasteiger partial charge on any atom is -0.490 e. The Morgan fingerprint density at radius 3 is 2.84 bits per heavy atom. The number of ketones is 1. The second-order valence-corrected chi connectivity index (χ2v) is 11.6. The largest absolute Gasteiger partial charge is 0.490 e. The van der Waals surface area contributed by atoms with Gasteiger partial charge >= 0.3 is 5.95 Å². The lowest BCUT2D eigenvalue weighted by Gasteiger charge is -2.24. The lowest BCUT2D eigenvalue weighted by atomic mass is 9.91. The molecule has 0 radical (unpaired) electrons. The average molecular weight is 601 g/mol. The predicted octanol–water partition coefficient (Wildman–Crippen LogP) is 4.80. The second kappa shape index (κ2) is 16.6. The quantitative estimate of drug-likeness (QED) is 0.150. The fraction of sp³-hybridized carbons (Fsp3) is 0.500. The number of carbonyl (C=O) groups excluding carboxylic acids is 1. The van der Waals surface area contributed by atoms with E-state index in [1.165, 1.54) is 48.2 Å². The molecule has 0 saturated heterocycles. The van der Waals surface area contributed by atoms with Gasteiger partial charge in [0.05, 0.1) is 5.69 Å². The van der Waals surface area contributed by atoms with Gasteiger partial charge in [0.2, 0.25) is 0 Å². The third-order valence-electron chi connectivity index (χ3n) is 8.39. The van der Waals surface area contributed by atoms with Gasteiger partial charge in [-0.3, -0.25) is 20.0 Å². The van der Waals surface area contributed by atoms with Crippen molar-refractivity contribution in [1.29, 1.82) is 5.26 Å². The molecule has 1 aliphatic carbocycles. The molecule has 10 heteroatoms. The first kappa shape index (κ1) is 32.7. The Bertz CT molecular complexity index is 1430. The van der Waals surface area contributed by atoms with E-state index in [1.54, 1.807) is 6.20 Å². The topological polar surface area (TPSA) is 127 Å². The molecule has 0 unspecified atom stereocenters. The van der Waals surface area contributed by atoms with Crippen LogP contribution in [0, 0.1) is 18.3 Å². The first-order valence-corrected chi connectivity index (χ1v) is 15.7. The molecule has 0 aromatic carbocycles. The Kier molecular flexibility index (Phi) is 12.3. The first-order chi connectivity index (χ1) is 21.3. The third kappa shape index (κ3) is 9.64. The van der Waals surface area contributed by atoms with Crippen LogP contribution in [-0.4, -0.2) is 64.7 Å². The molecule has 0 saturated carbocycles. The van der Waals surface area contributed by atoms with Crippen LogP contribution < -0.4 is 20.1 Å². The first-order valence-electron chi connectivity index (χ1n) is 15.7. The molecule has 1 atom stereocenters. The number of ether oxygens (including phenoxy) is 1. The van der Waals surface area contributed by atoms with E-state index in [9.17, 15) is 10.0 Å². The van der Waals surface area contributed by atoms with E-state index in [-0.39, 0.29) is 17.3 Å². The molecule has 3 N–H and O–H groups in total. The molecule has 0 bridgehead atoms. The van der Waals surface area contributed by atoms with Crippen LogP contribution in [0.3, 0.4) is 0 Å². The lowest BCUT2D eigenvalue weighted by Crippen LogP contribution is -2.42. The number of rotatable bonds is 15. The number of carbonyl (C=O) groups is 1. The molecule has 4 rings (SSSR count). The maximum Gasteiger partial charge on any atom is 0.428 e. The van der Waals surface area contributed by atoms with Crippen LogP contribution in [0.25, 0.3) is 0 Å². The molecular weight excluding hydrogens is 554 g/mol. The number of hydrogen-bond donors (Lipinski definition) is 3. The summed E-state index contributed by atoms with van der Waals surface area (Å²) in [5, 5.41) is 25.9. The van der Waals surface area contributed by atoms with Crippen molar-refractivity contribution in [3.63, 3.8) is 0 Å². The SMILES string of the molecule is CC(=O)[C@H](CCN(CCCCC1=C(\C)CCC2=C(/C=C\1)CCCN2)CCOc1cccnc1C)Nc1ncc(C#N)c[n+]1O. The highest BCUT2D eigenvalue weighted by Gasteiger charge is 2.24. The van der Waals surface area contributed by atoms with Gasteiger partial charge in [-0.25, -0.2) is 0 Å². The minimum atomic E-state index is -0.542. The van der Waals surface area contributed by atoms with Crippen molar-refractivity contribution >= 4 is 11.7 Å². The van der Waals surface area contributed by atoms with Crippen molar-refractivity contribution in [2.75, 3.05) is 38.1 Å². The van der Waals surface area contributed by atoms with Gasteiger partial charge in [-0.15, -0.1) is 0 Å². The molecule has 0 amide bonds. The summed E-state index contributed by atoms with van der Waals surface area (Å²) in [6.07, 6.45) is 17.3. The van der Waals surface area contributed by atoms with E-state index in [0.717, 1.165) is 67.8 Å². The Morgan fingerprint density at radius 2 is 2.07 bits per heavy atom. The number of hydrogen-bond acceptors (Lipinski definition) is 9. The van der Waals surface area contributed by atoms with E-state index in [0.29, 0.717) is 26.1 Å². The highest BCUT2D eigenvalue weighted by atomic mass is 16.5. The molecule has 3 heterocycles. The number of aromatic nitrogens is 3. The lowest BCUT2D eigenvalue weighted by molar-refractivity contribution is -0.895. The van der Waals surface area contributed by atoms with Gasteiger partial charge in [0.15, 0.2) is 5.78 Å². The average Bonchev–Trinajstić information content (AvgIpc) is 3.01. The van der Waals surface area contributed by atoms with Gasteiger partial charge in [0, 0.05) is 37.9 Å². The molecular formula is C34H46N7O3+. The molecule has 1 aliphatic heterocycles. The zero-order chi connectivity index (χ0) is 31.3. The number of nitrogens with zero attached hydrogens (tertiary/aromatic N) is 5. The van der Waals surface area contributed by atoms with E-state index in [2.05, 4.69) is 44.6 Å². The summed E-state index contributed by atoms with van der Waals surface area (Å²) in [4.78, 5) is 23.3. The summed E-state index contributed by atoms with van der Waals surface area (Å²) in [5.41, 5.74) is 6.90. The summed E-state index contributed by atoms with van der Waals surface area (Å²) in [6, 6.07) is 5.20. The number of nitrogens with one attached hydrogen (secondary N) is 2. The zero-order valence-corrected chi connectivity index (χ0v) is 26.3. The van der Waals surface area contributed by atoms with E-state index < -0.39 is 6.04 Å². The Hall–Kier alpha value is -4.23. The van der Waals surface area contributed by atoms with Crippen molar-refractivity contribution in [2.24, 2.45) is 0 Å². The molecule has 0 spiro atoms. The summed E-state index contributed by atoms with van der Waals surface area (Å²) >= 11 is 0. The number of anilines is 1. The zero-order valence-electron chi connectivity index (χ0n) is 26.3. The van der Waals surface area contributed by atoms with Crippen molar-refractivity contribution in [3.05, 3.63) is 76.5 Å². The summed E-state index contributed by atoms with van der Waals surface area (Å²) in [7, 11) is 0. The number of unbranched alkanes of at least 4 members (excludes halogenated alkanes) is 1. The molecule has 2 aromatic rings. The maximum atomic E-state index is 12.5. The summed E-state index contributed by atoms with van der Waals surface area (Å²) in [5.74, 6) is 0.845. The maximum absolute atomic E-state index is 12.5. The van der Waals surface area contributed by atoms with Gasteiger partial charge in [0.25, 0.3) is 0 Å². The normalized spacial score (nSPS) is 18.0. The monoisotopic (exact) mass is 600 g/mol. The van der Waals surface area contributed by atoms with E-state index in [4.69, 9.17) is 10.00 Å². The molecule has 44 heavy (non-hydrogen) atoms. The Morgan fingerprint density at radius 1 is 1.20 bits per heavy atom. The molecule has 2 aliphatic rings. The number of aryl methyl sites for hydroxylation is 1. The van der Waals surface area contributed by atoms with Crippen LogP contribution >= 0.6 is 0 Å². The van der Waals surface area contributed by atoms with Crippen molar-refractivity contribution < 1.29 is 19.5 Å². The number of allylic oxidation sites excluding steroid dienone is 6. The van der Waals surface area contributed by atoms with Crippen molar-refractivity contribution in [2.45, 2.75) is 78.2 Å². The molecule has 2 aromatic heterocycles. The van der Waals surface area contributed by atoms with Crippen LogP contribution in [0.2, 0.25) is 0 Å². The van der Waals surface area contributed by atoms with Crippen LogP contribution in [0.4, 0.5) is 5.95 Å². The fourth-order valence-electron chi connectivity index (χ4n) is 5.64. The third-order valence-corrected chi connectivity index (χ3v) is 8.39. The number of nitriles is 1. The van der Waals surface area contributed by atoms with E-state index >= 15 is 0 Å². The highest BCUT2D eigenvalue weighted by molar-refractivity contribution is 5.83. The van der Waals surface area contributed by atoms with Crippen LogP contribution in [0.1, 0.15) is 76.5 Å². The van der Waals surface area contributed by atoms with Gasteiger partial charge in [0.1, 0.15) is 42.4 Å². The Labute approximate surface area is 261 Å². The minimum absolute atomic E-state index is 0.0525. The molecule has 234 valence electrons. The van der Waals surface area contributed by atoms with Crippen LogP contribution in [0.15, 0.2) is 65.3 Å². The fourth-order valence-corrected chi connectivity index (χ4v) is 5.64. The second-order valence-electron chi connectivity index (χ2n) is 11.6. The van der Waals surface area contributed by atoms with Gasteiger partial charge < -0.3 is 15.3 Å². The van der Waals surface area contributed by atoms with E-state index in [1.807, 2.05) is 25.1 Å². The highest BCUT2D eigenvalue weighted by Crippen LogP contribution is 2.28. The molecule has 10 nitrogen and oxygen atoms in total. The van der Waals surface area contributed by atoms with Crippen LogP contribution in [0.5, 0.6) is 5.75 Å². The van der Waals surface area contributed by atoms with Crippen molar-refractivity contribution in [1.82, 2.24) is 20.2 Å². The smallest absolute Gasteiger partial charge is 0.428 e. The number of pyridine rings is 1. The summed E-state index contributed by atoms with van der Waals surface area (Å²) < 4.78 is 6.80.